The fourth-order valence-electron chi connectivity index (χ4n) is 3.01. The van der Waals surface area contributed by atoms with E-state index in [0.29, 0.717) is 11.3 Å². The number of benzene rings is 2. The lowest BCUT2D eigenvalue weighted by Crippen LogP contribution is -2.21. The maximum absolute atomic E-state index is 12.6. The lowest BCUT2D eigenvalue weighted by Gasteiger charge is -2.04. The van der Waals surface area contributed by atoms with Crippen molar-refractivity contribution >= 4 is 34.8 Å². The first-order chi connectivity index (χ1) is 14.6. The number of carbonyl (C=O) groups excluding carboxylic acids is 1. The second-order valence-corrected chi connectivity index (χ2v) is 7.56. The molecule has 0 saturated heterocycles. The van der Waals surface area contributed by atoms with E-state index in [1.165, 1.54) is 22.7 Å². The molecule has 2 aromatic heterocycles. The van der Waals surface area contributed by atoms with Gasteiger partial charge in [-0.15, -0.1) is 11.8 Å². The molecule has 7 nitrogen and oxygen atoms in total. The number of carbonyl (C=O) groups is 1. The monoisotopic (exact) mass is 417 g/mol. The Morgan fingerprint density at radius 3 is 2.80 bits per heavy atom. The van der Waals surface area contributed by atoms with E-state index in [2.05, 4.69) is 20.6 Å². The SMILES string of the molecule is Cc1[nH]n(-c2ccccc2)c(=O)c1/C=N\NC(=O)CSc1cccc2cccnc12. The van der Waals surface area contributed by atoms with Gasteiger partial charge in [0, 0.05) is 22.2 Å². The lowest BCUT2D eigenvalue weighted by atomic mass is 10.2. The minimum atomic E-state index is -0.263. The van der Waals surface area contributed by atoms with Gasteiger partial charge in [-0.3, -0.25) is 19.7 Å². The van der Waals surface area contributed by atoms with Crippen molar-refractivity contribution in [1.82, 2.24) is 20.2 Å². The summed E-state index contributed by atoms with van der Waals surface area (Å²) in [5, 5.41) is 8.00. The van der Waals surface area contributed by atoms with E-state index in [1.54, 1.807) is 13.1 Å². The van der Waals surface area contributed by atoms with Crippen molar-refractivity contribution in [3.8, 4) is 5.69 Å². The highest BCUT2D eigenvalue weighted by atomic mass is 32.2. The molecule has 1 amide bonds. The molecule has 2 aromatic carbocycles. The highest BCUT2D eigenvalue weighted by Crippen LogP contribution is 2.25. The second kappa shape index (κ2) is 8.79. The molecule has 2 heterocycles. The molecular formula is C22H19N5O2S. The number of H-pyrrole nitrogens is 1. The summed E-state index contributed by atoms with van der Waals surface area (Å²) in [7, 11) is 0. The number of aryl methyl sites for hydroxylation is 1. The third kappa shape index (κ3) is 4.18. The quantitative estimate of drug-likeness (QED) is 0.286. The fraction of sp³-hybridized carbons (Fsp3) is 0.0909. The molecular weight excluding hydrogens is 398 g/mol. The highest BCUT2D eigenvalue weighted by Gasteiger charge is 2.11. The smallest absolute Gasteiger partial charge is 0.280 e. The van der Waals surface area contributed by atoms with Gasteiger partial charge in [-0.2, -0.15) is 5.10 Å². The Morgan fingerprint density at radius 1 is 1.17 bits per heavy atom. The van der Waals surface area contributed by atoms with Gasteiger partial charge >= 0.3 is 0 Å². The number of rotatable bonds is 6. The van der Waals surface area contributed by atoms with Crippen LogP contribution in [0, 0.1) is 6.92 Å². The van der Waals surface area contributed by atoms with Crippen molar-refractivity contribution in [3.05, 3.63) is 88.5 Å². The largest absolute Gasteiger partial charge is 0.295 e. The summed E-state index contributed by atoms with van der Waals surface area (Å²) in [5.41, 5.74) is 4.91. The van der Waals surface area contributed by atoms with Crippen molar-refractivity contribution in [2.24, 2.45) is 5.10 Å². The molecule has 0 aliphatic rings. The van der Waals surface area contributed by atoms with Gasteiger partial charge in [0.1, 0.15) is 0 Å². The van der Waals surface area contributed by atoms with Gasteiger partial charge in [0.25, 0.3) is 5.56 Å². The van der Waals surface area contributed by atoms with Crippen molar-refractivity contribution in [2.75, 3.05) is 5.75 Å². The molecule has 2 N–H and O–H groups in total. The Bertz CT molecular complexity index is 1270. The third-order valence-corrected chi connectivity index (χ3v) is 5.52. The van der Waals surface area contributed by atoms with Crippen LogP contribution in [0.1, 0.15) is 11.3 Å². The molecule has 0 aliphatic carbocycles. The minimum Gasteiger partial charge on any atom is -0.295 e. The number of hydrogen-bond donors (Lipinski definition) is 2. The highest BCUT2D eigenvalue weighted by molar-refractivity contribution is 8.00. The average molecular weight is 417 g/mol. The predicted octanol–water partition coefficient (Wildman–Crippen LogP) is 3.26. The van der Waals surface area contributed by atoms with Crippen LogP contribution in [-0.4, -0.2) is 32.6 Å². The van der Waals surface area contributed by atoms with Gasteiger partial charge < -0.3 is 0 Å². The molecule has 4 aromatic rings. The van der Waals surface area contributed by atoms with Crippen LogP contribution in [0.25, 0.3) is 16.6 Å². The molecule has 0 aliphatic heterocycles. The molecule has 30 heavy (non-hydrogen) atoms. The normalized spacial score (nSPS) is 11.2. The van der Waals surface area contributed by atoms with E-state index in [4.69, 9.17) is 0 Å². The summed E-state index contributed by atoms with van der Waals surface area (Å²) in [6, 6.07) is 19.0. The Morgan fingerprint density at radius 2 is 1.97 bits per heavy atom. The molecule has 8 heteroatoms. The molecule has 150 valence electrons. The number of fused-ring (bicyclic) bond motifs is 1. The number of hydrazone groups is 1. The van der Waals surface area contributed by atoms with Crippen molar-refractivity contribution < 1.29 is 4.79 Å². The summed E-state index contributed by atoms with van der Waals surface area (Å²) >= 11 is 1.39. The summed E-state index contributed by atoms with van der Waals surface area (Å²) in [6.45, 7) is 1.79. The van der Waals surface area contributed by atoms with Crippen LogP contribution in [-0.2, 0) is 4.79 Å². The summed E-state index contributed by atoms with van der Waals surface area (Å²) in [5.74, 6) is -0.0753. The number of para-hydroxylation sites is 2. The standard InChI is InChI=1S/C22H19N5O2S/c1-15-18(22(29)27(26-15)17-9-3-2-4-10-17)13-24-25-20(28)14-30-19-11-5-7-16-8-6-12-23-21(16)19/h2-13,26H,14H2,1H3,(H,25,28)/b24-13-. The van der Waals surface area contributed by atoms with Crippen LogP contribution < -0.4 is 11.0 Å². The van der Waals surface area contributed by atoms with Crippen LogP contribution in [0.3, 0.4) is 0 Å². The molecule has 0 fully saturated rings. The van der Waals surface area contributed by atoms with E-state index in [0.717, 1.165) is 21.5 Å². The summed E-state index contributed by atoms with van der Waals surface area (Å²) < 4.78 is 1.45. The van der Waals surface area contributed by atoms with Gasteiger partial charge in [0.2, 0.25) is 5.91 Å². The van der Waals surface area contributed by atoms with Gasteiger partial charge in [-0.05, 0) is 31.2 Å². The first kappa shape index (κ1) is 19.7. The molecule has 4 rings (SSSR count). The van der Waals surface area contributed by atoms with Crippen LogP contribution in [0.15, 0.2) is 81.7 Å². The van der Waals surface area contributed by atoms with E-state index in [-0.39, 0.29) is 17.2 Å². The summed E-state index contributed by atoms with van der Waals surface area (Å²) in [4.78, 5) is 30.1. The van der Waals surface area contributed by atoms with Gasteiger partial charge in [0.05, 0.1) is 28.7 Å². The van der Waals surface area contributed by atoms with Crippen molar-refractivity contribution in [1.29, 1.82) is 0 Å². The first-order valence-corrected chi connectivity index (χ1v) is 10.3. The summed E-state index contributed by atoms with van der Waals surface area (Å²) in [6.07, 6.45) is 3.10. The van der Waals surface area contributed by atoms with Gasteiger partial charge in [0.15, 0.2) is 0 Å². The average Bonchev–Trinajstić information content (AvgIpc) is 3.06. The molecule has 0 spiro atoms. The van der Waals surface area contributed by atoms with Crippen LogP contribution >= 0.6 is 11.8 Å². The number of hydrogen-bond acceptors (Lipinski definition) is 5. The predicted molar refractivity (Wildman–Crippen MR) is 119 cm³/mol. The number of aromatic nitrogens is 3. The first-order valence-electron chi connectivity index (χ1n) is 9.29. The Hall–Kier alpha value is -3.65. The van der Waals surface area contributed by atoms with E-state index in [1.807, 2.05) is 60.7 Å². The zero-order valence-electron chi connectivity index (χ0n) is 16.2. The zero-order chi connectivity index (χ0) is 20.9. The molecule has 0 radical (unpaired) electrons. The number of aromatic amines is 1. The number of thioether (sulfide) groups is 1. The molecule has 0 bridgehead atoms. The Kier molecular flexibility index (Phi) is 5.76. The van der Waals surface area contributed by atoms with E-state index < -0.39 is 0 Å². The van der Waals surface area contributed by atoms with Crippen LogP contribution in [0.4, 0.5) is 0 Å². The Balaban J connectivity index is 1.41. The third-order valence-electron chi connectivity index (χ3n) is 4.47. The van der Waals surface area contributed by atoms with E-state index in [9.17, 15) is 9.59 Å². The minimum absolute atomic E-state index is 0.188. The topological polar surface area (TPSA) is 92.1 Å². The van der Waals surface area contributed by atoms with Gasteiger partial charge in [-0.25, -0.2) is 10.1 Å². The van der Waals surface area contributed by atoms with Crippen LogP contribution in [0.2, 0.25) is 0 Å². The molecule has 0 unspecified atom stereocenters. The number of nitrogens with one attached hydrogen (secondary N) is 2. The fourth-order valence-corrected chi connectivity index (χ4v) is 3.84. The van der Waals surface area contributed by atoms with Crippen LogP contribution in [0.5, 0.6) is 0 Å². The van der Waals surface area contributed by atoms with Crippen molar-refractivity contribution in [2.45, 2.75) is 11.8 Å². The Labute approximate surface area is 176 Å². The lowest BCUT2D eigenvalue weighted by molar-refractivity contribution is -0.118. The molecule has 0 saturated carbocycles. The van der Waals surface area contributed by atoms with Crippen molar-refractivity contribution in [3.63, 3.8) is 0 Å². The second-order valence-electron chi connectivity index (χ2n) is 6.54. The van der Waals surface area contributed by atoms with E-state index >= 15 is 0 Å². The number of nitrogens with zero attached hydrogens (tertiary/aromatic N) is 3. The maximum atomic E-state index is 12.6. The maximum Gasteiger partial charge on any atom is 0.280 e. The van der Waals surface area contributed by atoms with Gasteiger partial charge in [-0.1, -0.05) is 36.4 Å². The zero-order valence-corrected chi connectivity index (χ0v) is 17.0. The molecule has 0 atom stereocenters. The number of amides is 1. The number of pyridine rings is 1.